The van der Waals surface area contributed by atoms with E-state index in [-0.39, 0.29) is 11.2 Å². The number of hydrogen-bond donors (Lipinski definition) is 1. The van der Waals surface area contributed by atoms with Crippen molar-refractivity contribution >= 4 is 22.8 Å². The van der Waals surface area contributed by atoms with Gasteiger partial charge in [0.15, 0.2) is 5.17 Å². The summed E-state index contributed by atoms with van der Waals surface area (Å²) in [6.45, 7) is 1.91. The zero-order chi connectivity index (χ0) is 10.7. The molecule has 0 aromatic rings. The molecule has 1 aliphatic carbocycles. The van der Waals surface area contributed by atoms with Gasteiger partial charge in [-0.05, 0) is 19.8 Å². The molecule has 0 aromatic heterocycles. The first-order valence-electron chi connectivity index (χ1n) is 5.81. The van der Waals surface area contributed by atoms with Crippen molar-refractivity contribution in [3.8, 4) is 0 Å². The van der Waals surface area contributed by atoms with Crippen molar-refractivity contribution in [2.24, 2.45) is 4.99 Å². The van der Waals surface area contributed by atoms with E-state index in [1.165, 1.54) is 38.5 Å². The molecule has 0 spiro atoms. The topological polar surface area (TPSA) is 41.5 Å². The number of amides is 1. The Hall–Kier alpha value is -0.510. The van der Waals surface area contributed by atoms with Gasteiger partial charge in [-0.25, -0.2) is 0 Å². The fourth-order valence-corrected chi connectivity index (χ4v) is 2.97. The van der Waals surface area contributed by atoms with E-state index in [9.17, 15) is 4.79 Å². The van der Waals surface area contributed by atoms with Crippen LogP contribution in [0.15, 0.2) is 4.99 Å². The van der Waals surface area contributed by atoms with Crippen molar-refractivity contribution in [3.63, 3.8) is 0 Å². The Morgan fingerprint density at radius 2 is 1.93 bits per heavy atom. The van der Waals surface area contributed by atoms with E-state index in [0.29, 0.717) is 6.04 Å². The van der Waals surface area contributed by atoms with Crippen LogP contribution in [-0.2, 0) is 4.79 Å². The normalized spacial score (nSPS) is 28.7. The zero-order valence-corrected chi connectivity index (χ0v) is 9.98. The predicted molar refractivity (Wildman–Crippen MR) is 64.1 cm³/mol. The summed E-state index contributed by atoms with van der Waals surface area (Å²) in [5, 5.41) is 4.27. The smallest absolute Gasteiger partial charge is 0.261 e. The Balaban J connectivity index is 1.86. The van der Waals surface area contributed by atoms with Crippen molar-refractivity contribution in [1.82, 2.24) is 5.32 Å². The zero-order valence-electron chi connectivity index (χ0n) is 9.16. The number of aliphatic imine (C=N–C) groups is 1. The van der Waals surface area contributed by atoms with Gasteiger partial charge in [-0.3, -0.25) is 4.79 Å². The number of nitrogens with one attached hydrogen (secondary N) is 1. The molecule has 0 radical (unpaired) electrons. The van der Waals surface area contributed by atoms with E-state index in [2.05, 4.69) is 10.3 Å². The van der Waals surface area contributed by atoms with Gasteiger partial charge in [-0.1, -0.05) is 37.4 Å². The third-order valence-electron chi connectivity index (χ3n) is 3.03. The van der Waals surface area contributed by atoms with Gasteiger partial charge in [0.1, 0.15) is 0 Å². The van der Waals surface area contributed by atoms with E-state index in [0.717, 1.165) is 5.17 Å². The molecule has 4 heteroatoms. The van der Waals surface area contributed by atoms with Gasteiger partial charge in [0.05, 0.1) is 5.25 Å². The fraction of sp³-hybridized carbons (Fsp3) is 0.818. The van der Waals surface area contributed by atoms with Crippen LogP contribution in [0.25, 0.3) is 0 Å². The summed E-state index contributed by atoms with van der Waals surface area (Å²) in [6.07, 6.45) is 7.77. The minimum Gasteiger partial charge on any atom is -0.362 e. The van der Waals surface area contributed by atoms with Crippen molar-refractivity contribution in [2.75, 3.05) is 0 Å². The van der Waals surface area contributed by atoms with Gasteiger partial charge in [-0.2, -0.15) is 4.99 Å². The molecule has 0 saturated heterocycles. The molecular weight excluding hydrogens is 208 g/mol. The van der Waals surface area contributed by atoms with E-state index in [1.807, 2.05) is 6.92 Å². The third-order valence-corrected chi connectivity index (χ3v) is 4.02. The van der Waals surface area contributed by atoms with Gasteiger partial charge in [0, 0.05) is 6.04 Å². The predicted octanol–water partition coefficient (Wildman–Crippen LogP) is 2.32. The average molecular weight is 226 g/mol. The first kappa shape index (κ1) is 11.0. The van der Waals surface area contributed by atoms with E-state index in [4.69, 9.17) is 0 Å². The molecule has 2 rings (SSSR count). The lowest BCUT2D eigenvalue weighted by Crippen LogP contribution is -2.32. The molecule has 1 N–H and O–H groups in total. The van der Waals surface area contributed by atoms with Crippen LogP contribution in [0, 0.1) is 0 Å². The maximum absolute atomic E-state index is 11.2. The molecule has 15 heavy (non-hydrogen) atoms. The maximum Gasteiger partial charge on any atom is 0.261 e. The summed E-state index contributed by atoms with van der Waals surface area (Å²) in [4.78, 5) is 15.3. The largest absolute Gasteiger partial charge is 0.362 e. The second kappa shape index (κ2) is 5.01. The quantitative estimate of drug-likeness (QED) is 0.698. The second-order valence-electron chi connectivity index (χ2n) is 4.35. The lowest BCUT2D eigenvalue weighted by atomic mass is 10.1. The highest BCUT2D eigenvalue weighted by Gasteiger charge is 2.25. The number of nitrogens with zero attached hydrogens (tertiary/aromatic N) is 1. The molecule has 1 atom stereocenters. The van der Waals surface area contributed by atoms with Crippen LogP contribution < -0.4 is 5.32 Å². The summed E-state index contributed by atoms with van der Waals surface area (Å²) in [6, 6.07) is 0.539. The third kappa shape index (κ3) is 2.97. The molecule has 1 fully saturated rings. The van der Waals surface area contributed by atoms with Crippen molar-refractivity contribution in [2.45, 2.75) is 56.7 Å². The number of thioether (sulfide) groups is 1. The van der Waals surface area contributed by atoms with Crippen molar-refractivity contribution < 1.29 is 4.79 Å². The summed E-state index contributed by atoms with van der Waals surface area (Å²) in [5.74, 6) is 0.0103. The Labute approximate surface area is 95.1 Å². The molecule has 1 heterocycles. The van der Waals surface area contributed by atoms with E-state index < -0.39 is 0 Å². The van der Waals surface area contributed by atoms with Gasteiger partial charge in [0.2, 0.25) is 0 Å². The van der Waals surface area contributed by atoms with Gasteiger partial charge in [-0.15, -0.1) is 0 Å². The fourth-order valence-electron chi connectivity index (χ4n) is 2.10. The van der Waals surface area contributed by atoms with Crippen LogP contribution in [0.3, 0.4) is 0 Å². The lowest BCUT2D eigenvalue weighted by molar-refractivity contribution is -0.116. The average Bonchev–Trinajstić information content (AvgIpc) is 2.45. The maximum atomic E-state index is 11.2. The Morgan fingerprint density at radius 3 is 2.47 bits per heavy atom. The minimum absolute atomic E-state index is 0.0103. The lowest BCUT2D eigenvalue weighted by Gasteiger charge is -2.16. The van der Waals surface area contributed by atoms with Crippen LogP contribution >= 0.6 is 11.8 Å². The summed E-state index contributed by atoms with van der Waals surface area (Å²) in [5.41, 5.74) is 0. The minimum atomic E-state index is 0.0103. The number of hydrogen-bond acceptors (Lipinski definition) is 3. The molecule has 0 aromatic carbocycles. The van der Waals surface area contributed by atoms with Crippen LogP contribution in [0.5, 0.6) is 0 Å². The van der Waals surface area contributed by atoms with Crippen LogP contribution in [0.2, 0.25) is 0 Å². The monoisotopic (exact) mass is 226 g/mol. The second-order valence-corrected chi connectivity index (χ2v) is 5.68. The first-order valence-corrected chi connectivity index (χ1v) is 6.69. The highest BCUT2D eigenvalue weighted by atomic mass is 32.2. The molecule has 1 aliphatic heterocycles. The number of carbonyl (C=O) groups is 1. The molecule has 0 unspecified atom stereocenters. The standard InChI is InChI=1S/C11H18N2OS/c1-8-10(14)13-11(15-8)12-9-6-4-2-3-5-7-9/h8-9H,2-7H2,1H3,(H,12,13,14)/t8-/m1/s1. The summed E-state index contributed by atoms with van der Waals surface area (Å²) in [7, 11) is 0. The molecule has 84 valence electrons. The van der Waals surface area contributed by atoms with Gasteiger partial charge in [0.25, 0.3) is 5.91 Å². The molecule has 3 nitrogen and oxygen atoms in total. The molecule has 1 amide bonds. The number of rotatable bonds is 1. The first-order chi connectivity index (χ1) is 7.25. The highest BCUT2D eigenvalue weighted by Crippen LogP contribution is 2.23. The van der Waals surface area contributed by atoms with Crippen LogP contribution in [0.4, 0.5) is 0 Å². The molecule has 2 aliphatic rings. The summed E-state index contributed by atoms with van der Waals surface area (Å²) < 4.78 is 0. The van der Waals surface area contributed by atoms with Crippen molar-refractivity contribution in [1.29, 1.82) is 0 Å². The van der Waals surface area contributed by atoms with Gasteiger partial charge >= 0.3 is 0 Å². The van der Waals surface area contributed by atoms with Crippen LogP contribution in [-0.4, -0.2) is 22.4 Å². The molecular formula is C11H18N2OS. The van der Waals surface area contributed by atoms with Gasteiger partial charge < -0.3 is 5.32 Å². The Kier molecular flexibility index (Phi) is 3.67. The Bertz CT molecular complexity index is 270. The SMILES string of the molecule is C[C@H]1SC(NC2CCCCCC2)=NC1=O. The highest BCUT2D eigenvalue weighted by molar-refractivity contribution is 8.15. The number of carbonyl (C=O) groups excluding carboxylic acids is 1. The Morgan fingerprint density at radius 1 is 1.27 bits per heavy atom. The summed E-state index contributed by atoms with van der Waals surface area (Å²) >= 11 is 1.56. The molecule has 1 saturated carbocycles. The van der Waals surface area contributed by atoms with E-state index >= 15 is 0 Å². The van der Waals surface area contributed by atoms with Crippen LogP contribution in [0.1, 0.15) is 45.4 Å². The number of amidine groups is 1. The van der Waals surface area contributed by atoms with E-state index in [1.54, 1.807) is 11.8 Å². The molecule has 0 bridgehead atoms. The van der Waals surface area contributed by atoms with Crippen molar-refractivity contribution in [3.05, 3.63) is 0 Å².